The van der Waals surface area contributed by atoms with Gasteiger partial charge in [0.15, 0.2) is 0 Å². The van der Waals surface area contributed by atoms with Gasteiger partial charge in [-0.1, -0.05) is 77.7 Å². The van der Waals surface area contributed by atoms with Gasteiger partial charge in [-0.2, -0.15) is 0 Å². The molecule has 166 valence electrons. The van der Waals surface area contributed by atoms with E-state index in [1.54, 1.807) is 0 Å². The Balaban J connectivity index is 1.72. The molecule has 0 saturated carbocycles. The zero-order valence-electron chi connectivity index (χ0n) is 19.0. The predicted octanol–water partition coefficient (Wildman–Crippen LogP) is 8.34. The Kier molecular flexibility index (Phi) is 12.2. The average Bonchev–Trinajstić information content (AvgIpc) is 2.78. The molecule has 1 aromatic heterocycles. The van der Waals surface area contributed by atoms with E-state index in [1.165, 1.54) is 56.9 Å². The molecule has 0 aliphatic rings. The fourth-order valence-corrected chi connectivity index (χ4v) is 3.64. The van der Waals surface area contributed by atoms with Crippen LogP contribution in [-0.2, 0) is 6.42 Å². The molecule has 1 atom stereocenters. The first-order valence-electron chi connectivity index (χ1n) is 12.0. The molecule has 0 N–H and O–H groups in total. The van der Waals surface area contributed by atoms with Crippen LogP contribution in [0.1, 0.15) is 90.0 Å². The Labute approximate surface area is 183 Å². The number of unbranched alkanes of at least 4 members (excludes halogenated alkanes) is 8. The number of hydrogen-bond acceptors (Lipinski definition) is 2. The van der Waals surface area contributed by atoms with Crippen LogP contribution in [0.3, 0.4) is 0 Å². The minimum Gasteiger partial charge on any atom is -0.491 e. The number of nitrogens with zero attached hydrogens (tertiary/aromatic N) is 1. The van der Waals surface area contributed by atoms with Crippen molar-refractivity contribution >= 4 is 0 Å². The van der Waals surface area contributed by atoms with Crippen molar-refractivity contribution in [1.29, 1.82) is 0 Å². The summed E-state index contributed by atoms with van der Waals surface area (Å²) in [7, 11) is 0. The summed E-state index contributed by atoms with van der Waals surface area (Å²) in [5, 5.41) is 0. The van der Waals surface area contributed by atoms with E-state index in [2.05, 4.69) is 31.0 Å². The predicted molar refractivity (Wildman–Crippen MR) is 126 cm³/mol. The Bertz CT molecular complexity index is 668. The van der Waals surface area contributed by atoms with Gasteiger partial charge in [0.25, 0.3) is 0 Å². The number of benzene rings is 1. The minimum absolute atomic E-state index is 0.136. The third-order valence-electron chi connectivity index (χ3n) is 5.60. The van der Waals surface area contributed by atoms with Gasteiger partial charge in [0.05, 0.1) is 5.69 Å². The zero-order valence-corrected chi connectivity index (χ0v) is 19.0. The number of alkyl halides is 1. The first kappa shape index (κ1) is 24.4. The fourth-order valence-electron chi connectivity index (χ4n) is 3.64. The van der Waals surface area contributed by atoms with E-state index < -0.39 is 6.17 Å². The van der Waals surface area contributed by atoms with Gasteiger partial charge in [-0.25, -0.2) is 4.39 Å². The zero-order chi connectivity index (χ0) is 21.4. The highest BCUT2D eigenvalue weighted by atomic mass is 19.1. The normalized spacial score (nSPS) is 12.1. The Morgan fingerprint density at radius 2 is 1.47 bits per heavy atom. The Morgan fingerprint density at radius 3 is 2.13 bits per heavy atom. The lowest BCUT2D eigenvalue weighted by molar-refractivity contribution is 0.184. The summed E-state index contributed by atoms with van der Waals surface area (Å²) < 4.78 is 19.5. The Morgan fingerprint density at radius 1 is 0.800 bits per heavy atom. The lowest BCUT2D eigenvalue weighted by Gasteiger charge is -2.11. The second-order valence-corrected chi connectivity index (χ2v) is 8.35. The molecule has 0 saturated heterocycles. The van der Waals surface area contributed by atoms with Crippen LogP contribution >= 0.6 is 0 Å². The van der Waals surface area contributed by atoms with Gasteiger partial charge < -0.3 is 4.74 Å². The summed E-state index contributed by atoms with van der Waals surface area (Å²) >= 11 is 0. The molecule has 3 heteroatoms. The standard InChI is InChI=1S/C27H40FNO/c1-3-5-7-9-10-11-13-23-15-20-27(29-21-23)24-16-18-26(19-17-24)30-22-25(28)14-12-8-6-4-2/h15-21,25H,3-14,22H2,1-2H3/t25-/m0/s1. The van der Waals surface area contributed by atoms with Gasteiger partial charge in [-0.3, -0.25) is 4.98 Å². The average molecular weight is 414 g/mol. The van der Waals surface area contributed by atoms with Crippen LogP contribution in [0, 0.1) is 0 Å². The van der Waals surface area contributed by atoms with Crippen LogP contribution in [0.2, 0.25) is 0 Å². The number of halogens is 1. The lowest BCUT2D eigenvalue weighted by atomic mass is 10.1. The van der Waals surface area contributed by atoms with E-state index in [0.717, 1.165) is 36.3 Å². The van der Waals surface area contributed by atoms with Gasteiger partial charge in [0.2, 0.25) is 0 Å². The fraction of sp³-hybridized carbons (Fsp3) is 0.593. The molecular formula is C27H40FNO. The molecule has 2 rings (SSSR count). The molecule has 0 amide bonds. The van der Waals surface area contributed by atoms with Crippen LogP contribution in [0.15, 0.2) is 42.6 Å². The first-order chi connectivity index (χ1) is 14.7. The van der Waals surface area contributed by atoms with Crippen molar-refractivity contribution in [2.24, 2.45) is 0 Å². The van der Waals surface area contributed by atoms with E-state index in [0.29, 0.717) is 6.42 Å². The Hall–Kier alpha value is -1.90. The van der Waals surface area contributed by atoms with Crippen molar-refractivity contribution < 1.29 is 9.13 Å². The van der Waals surface area contributed by atoms with E-state index in [4.69, 9.17) is 4.74 Å². The van der Waals surface area contributed by atoms with Gasteiger partial charge in [-0.15, -0.1) is 0 Å². The quantitative estimate of drug-likeness (QED) is 0.258. The van der Waals surface area contributed by atoms with Crippen molar-refractivity contribution in [3.63, 3.8) is 0 Å². The summed E-state index contributed by atoms with van der Waals surface area (Å²) in [5.41, 5.74) is 3.33. The van der Waals surface area contributed by atoms with E-state index >= 15 is 0 Å². The first-order valence-corrected chi connectivity index (χ1v) is 12.0. The van der Waals surface area contributed by atoms with E-state index in [1.807, 2.05) is 30.5 Å². The topological polar surface area (TPSA) is 22.1 Å². The molecule has 0 radical (unpaired) electrons. The van der Waals surface area contributed by atoms with Crippen LogP contribution < -0.4 is 4.74 Å². The highest BCUT2D eigenvalue weighted by molar-refractivity contribution is 5.60. The molecule has 0 aliphatic heterocycles. The number of pyridine rings is 1. The maximum absolute atomic E-state index is 13.9. The number of rotatable bonds is 16. The van der Waals surface area contributed by atoms with Gasteiger partial charge >= 0.3 is 0 Å². The third kappa shape index (κ3) is 9.73. The van der Waals surface area contributed by atoms with Crippen molar-refractivity contribution in [2.75, 3.05) is 6.61 Å². The van der Waals surface area contributed by atoms with Crippen LogP contribution in [0.25, 0.3) is 11.3 Å². The number of hydrogen-bond donors (Lipinski definition) is 0. The van der Waals surface area contributed by atoms with Crippen molar-refractivity contribution in [2.45, 2.75) is 97.1 Å². The van der Waals surface area contributed by atoms with Gasteiger partial charge in [-0.05, 0) is 55.2 Å². The monoisotopic (exact) mass is 413 g/mol. The van der Waals surface area contributed by atoms with E-state index in [-0.39, 0.29) is 6.61 Å². The SMILES string of the molecule is CCCCCCCCc1ccc(-c2ccc(OC[C@@H](F)CCCCCC)cc2)nc1. The third-order valence-corrected chi connectivity index (χ3v) is 5.60. The smallest absolute Gasteiger partial charge is 0.134 e. The molecule has 0 fully saturated rings. The molecule has 0 bridgehead atoms. The number of ether oxygens (including phenoxy) is 1. The largest absolute Gasteiger partial charge is 0.491 e. The molecule has 0 aliphatic carbocycles. The van der Waals surface area contributed by atoms with Crippen molar-refractivity contribution in [3.8, 4) is 17.0 Å². The van der Waals surface area contributed by atoms with Gasteiger partial charge in [0, 0.05) is 11.8 Å². The highest BCUT2D eigenvalue weighted by Crippen LogP contribution is 2.22. The lowest BCUT2D eigenvalue weighted by Crippen LogP contribution is -2.12. The van der Waals surface area contributed by atoms with Crippen LogP contribution in [0.5, 0.6) is 5.75 Å². The molecule has 30 heavy (non-hydrogen) atoms. The maximum Gasteiger partial charge on any atom is 0.134 e. The summed E-state index contributed by atoms with van der Waals surface area (Å²) in [6.45, 7) is 4.56. The van der Waals surface area contributed by atoms with Crippen molar-refractivity contribution in [3.05, 3.63) is 48.2 Å². The number of aryl methyl sites for hydroxylation is 1. The van der Waals surface area contributed by atoms with Gasteiger partial charge in [0.1, 0.15) is 18.5 Å². The summed E-state index contributed by atoms with van der Waals surface area (Å²) in [6.07, 6.45) is 15.1. The molecule has 1 heterocycles. The van der Waals surface area contributed by atoms with Crippen LogP contribution in [0.4, 0.5) is 4.39 Å². The van der Waals surface area contributed by atoms with E-state index in [9.17, 15) is 4.39 Å². The van der Waals surface area contributed by atoms with Crippen molar-refractivity contribution in [1.82, 2.24) is 4.98 Å². The molecule has 2 nitrogen and oxygen atoms in total. The molecular weight excluding hydrogens is 373 g/mol. The second-order valence-electron chi connectivity index (χ2n) is 8.35. The molecule has 1 aromatic carbocycles. The number of aromatic nitrogens is 1. The second kappa shape index (κ2) is 15.0. The summed E-state index contributed by atoms with van der Waals surface area (Å²) in [5.74, 6) is 0.717. The minimum atomic E-state index is -0.887. The summed E-state index contributed by atoms with van der Waals surface area (Å²) in [4.78, 5) is 4.63. The molecule has 0 unspecified atom stereocenters. The molecule has 0 spiro atoms. The maximum atomic E-state index is 13.9. The molecule has 2 aromatic rings. The van der Waals surface area contributed by atoms with Crippen LogP contribution in [-0.4, -0.2) is 17.8 Å². The summed E-state index contributed by atoms with van der Waals surface area (Å²) in [6, 6.07) is 12.1. The highest BCUT2D eigenvalue weighted by Gasteiger charge is 2.08.